The van der Waals surface area contributed by atoms with E-state index in [1.165, 1.54) is 12.8 Å². The second-order valence-corrected chi connectivity index (χ2v) is 5.33. The van der Waals surface area contributed by atoms with Gasteiger partial charge in [-0.3, -0.25) is 0 Å². The van der Waals surface area contributed by atoms with Gasteiger partial charge in [-0.1, -0.05) is 0 Å². The molecule has 1 saturated carbocycles. The average molecular weight is 256 g/mol. The molecule has 0 unspecified atom stereocenters. The lowest BCUT2D eigenvalue weighted by atomic mass is 9.95. The maximum Gasteiger partial charge on any atom is 0.357 e. The molecule has 5 nitrogen and oxygen atoms in total. The lowest BCUT2D eigenvalue weighted by Gasteiger charge is -2.27. The topological polar surface area (TPSA) is 75.4 Å². The van der Waals surface area contributed by atoms with E-state index < -0.39 is 5.97 Å². The summed E-state index contributed by atoms with van der Waals surface area (Å²) in [5.41, 5.74) is -0.0506. The lowest BCUT2D eigenvalue weighted by molar-refractivity contribution is 0.0690. The highest BCUT2D eigenvalue weighted by Gasteiger charge is 2.21. The average Bonchev–Trinajstić information content (AvgIpc) is 2.79. The molecular formula is C11H16N2O3S. The summed E-state index contributed by atoms with van der Waals surface area (Å²) in [6.07, 6.45) is 7.84. The van der Waals surface area contributed by atoms with Gasteiger partial charge in [0.15, 0.2) is 5.69 Å². The maximum absolute atomic E-state index is 10.6. The quantitative estimate of drug-likeness (QED) is 0.862. The first-order valence-corrected chi connectivity index (χ1v) is 6.96. The number of thioether (sulfide) groups is 1. The molecule has 1 heterocycles. The fourth-order valence-electron chi connectivity index (χ4n) is 2.06. The molecule has 0 amide bonds. The van der Waals surface area contributed by atoms with Crippen molar-refractivity contribution in [3.63, 3.8) is 0 Å². The Balaban J connectivity index is 1.86. The molecule has 1 fully saturated rings. The van der Waals surface area contributed by atoms with Gasteiger partial charge in [0.05, 0.1) is 0 Å². The molecule has 0 radical (unpaired) electrons. The van der Waals surface area contributed by atoms with E-state index in [1.807, 2.05) is 11.8 Å². The van der Waals surface area contributed by atoms with Crippen LogP contribution in [-0.4, -0.2) is 33.6 Å². The number of nitrogens with zero attached hydrogens (tertiary/aromatic N) is 1. The minimum absolute atomic E-state index is 0.0506. The van der Waals surface area contributed by atoms with Crippen molar-refractivity contribution in [2.75, 3.05) is 11.6 Å². The number of rotatable bonds is 4. The van der Waals surface area contributed by atoms with Gasteiger partial charge in [-0.05, 0) is 31.9 Å². The van der Waals surface area contributed by atoms with Crippen LogP contribution in [0, 0.1) is 0 Å². The number of carbonyl (C=O) groups is 1. The van der Waals surface area contributed by atoms with Gasteiger partial charge in [0, 0.05) is 11.3 Å². The van der Waals surface area contributed by atoms with Crippen LogP contribution in [0.15, 0.2) is 10.7 Å². The summed E-state index contributed by atoms with van der Waals surface area (Å²) in [4.78, 5) is 14.5. The molecule has 0 saturated heterocycles. The van der Waals surface area contributed by atoms with Crippen LogP contribution < -0.4 is 5.32 Å². The number of anilines is 1. The molecule has 17 heavy (non-hydrogen) atoms. The summed E-state index contributed by atoms with van der Waals surface area (Å²) in [6, 6.07) is 0.661. The SMILES string of the molecule is CSC1CCC(Nc2nc(C(=O)O)co2)CC1. The van der Waals surface area contributed by atoms with E-state index in [-0.39, 0.29) is 5.69 Å². The van der Waals surface area contributed by atoms with E-state index >= 15 is 0 Å². The molecule has 0 aliphatic heterocycles. The molecule has 1 aliphatic carbocycles. The third kappa shape index (κ3) is 3.15. The van der Waals surface area contributed by atoms with Gasteiger partial charge in [0.1, 0.15) is 6.26 Å². The number of hydrogen-bond acceptors (Lipinski definition) is 5. The third-order valence-electron chi connectivity index (χ3n) is 3.06. The molecule has 94 valence electrons. The molecule has 1 aliphatic rings. The summed E-state index contributed by atoms with van der Waals surface area (Å²) in [5.74, 6) is -1.06. The molecule has 1 aromatic rings. The second-order valence-electron chi connectivity index (χ2n) is 4.20. The summed E-state index contributed by atoms with van der Waals surface area (Å²) in [7, 11) is 0. The number of oxazole rings is 1. The van der Waals surface area contributed by atoms with Crippen LogP contribution in [0.3, 0.4) is 0 Å². The van der Waals surface area contributed by atoms with Crippen molar-refractivity contribution in [1.29, 1.82) is 0 Å². The molecule has 6 heteroatoms. The van der Waals surface area contributed by atoms with E-state index in [1.54, 1.807) is 0 Å². The van der Waals surface area contributed by atoms with Crippen LogP contribution in [0.1, 0.15) is 36.2 Å². The Bertz CT molecular complexity index is 386. The van der Waals surface area contributed by atoms with E-state index in [0.29, 0.717) is 12.1 Å². The van der Waals surface area contributed by atoms with Crippen molar-refractivity contribution >= 4 is 23.7 Å². The first-order chi connectivity index (χ1) is 8.19. The van der Waals surface area contributed by atoms with E-state index in [0.717, 1.165) is 24.4 Å². The molecule has 0 atom stereocenters. The first kappa shape index (κ1) is 12.3. The molecule has 1 aromatic heterocycles. The number of aromatic nitrogens is 1. The molecule has 2 N–H and O–H groups in total. The van der Waals surface area contributed by atoms with Crippen molar-refractivity contribution in [1.82, 2.24) is 4.98 Å². The zero-order chi connectivity index (χ0) is 12.3. The van der Waals surface area contributed by atoms with Crippen LogP contribution in [0.2, 0.25) is 0 Å². The van der Waals surface area contributed by atoms with Crippen LogP contribution >= 0.6 is 11.8 Å². The molecule has 0 aromatic carbocycles. The summed E-state index contributed by atoms with van der Waals surface area (Å²) < 4.78 is 5.07. The highest BCUT2D eigenvalue weighted by molar-refractivity contribution is 7.99. The number of hydrogen-bond donors (Lipinski definition) is 2. The fourth-order valence-corrected chi connectivity index (χ4v) is 2.80. The predicted octanol–water partition coefficient (Wildman–Crippen LogP) is 2.46. The number of carboxylic acid groups (broad SMARTS) is 1. The van der Waals surface area contributed by atoms with E-state index in [2.05, 4.69) is 16.6 Å². The number of nitrogens with one attached hydrogen (secondary N) is 1. The molecule has 0 spiro atoms. The zero-order valence-corrected chi connectivity index (χ0v) is 10.5. The monoisotopic (exact) mass is 256 g/mol. The highest BCUT2D eigenvalue weighted by atomic mass is 32.2. The summed E-state index contributed by atoms with van der Waals surface area (Å²) >= 11 is 1.92. The van der Waals surface area contributed by atoms with Gasteiger partial charge in [-0.15, -0.1) is 0 Å². The Morgan fingerprint density at radius 3 is 2.76 bits per heavy atom. The molecular weight excluding hydrogens is 240 g/mol. The van der Waals surface area contributed by atoms with Gasteiger partial charge in [-0.25, -0.2) is 4.79 Å². The Labute approximate surface area is 104 Å². The lowest BCUT2D eigenvalue weighted by Crippen LogP contribution is -2.27. The standard InChI is InChI=1S/C11H16N2O3S/c1-17-8-4-2-7(3-5-8)12-11-13-9(6-16-11)10(14)15/h6-8H,2-5H2,1H3,(H,12,13)(H,14,15). The van der Waals surface area contributed by atoms with Crippen molar-refractivity contribution in [2.45, 2.75) is 37.0 Å². The van der Waals surface area contributed by atoms with E-state index in [9.17, 15) is 4.79 Å². The smallest absolute Gasteiger partial charge is 0.357 e. The summed E-state index contributed by atoms with van der Waals surface area (Å²) in [5, 5.41) is 12.6. The zero-order valence-electron chi connectivity index (χ0n) is 9.68. The van der Waals surface area contributed by atoms with Gasteiger partial charge in [0.2, 0.25) is 0 Å². The molecule has 0 bridgehead atoms. The van der Waals surface area contributed by atoms with Crippen LogP contribution in [0.4, 0.5) is 6.01 Å². The largest absolute Gasteiger partial charge is 0.476 e. The number of carboxylic acids is 1. The number of aromatic carboxylic acids is 1. The van der Waals surface area contributed by atoms with Gasteiger partial charge < -0.3 is 14.8 Å². The Kier molecular flexibility index (Phi) is 3.93. The minimum Gasteiger partial charge on any atom is -0.476 e. The van der Waals surface area contributed by atoms with Crippen molar-refractivity contribution in [3.8, 4) is 0 Å². The Morgan fingerprint density at radius 1 is 1.53 bits per heavy atom. The first-order valence-electron chi connectivity index (χ1n) is 5.67. The highest BCUT2D eigenvalue weighted by Crippen LogP contribution is 2.28. The van der Waals surface area contributed by atoms with Crippen LogP contribution in [0.5, 0.6) is 0 Å². The Morgan fingerprint density at radius 2 is 2.24 bits per heavy atom. The van der Waals surface area contributed by atoms with Crippen molar-refractivity contribution in [3.05, 3.63) is 12.0 Å². The van der Waals surface area contributed by atoms with Gasteiger partial charge in [-0.2, -0.15) is 16.7 Å². The summed E-state index contributed by atoms with van der Waals surface area (Å²) in [6.45, 7) is 0. The van der Waals surface area contributed by atoms with Crippen molar-refractivity contribution in [2.24, 2.45) is 0 Å². The normalized spacial score (nSPS) is 24.5. The third-order valence-corrected chi connectivity index (χ3v) is 4.20. The molecule has 2 rings (SSSR count). The minimum atomic E-state index is -1.06. The fraction of sp³-hybridized carbons (Fsp3) is 0.636. The van der Waals surface area contributed by atoms with Gasteiger partial charge in [0.25, 0.3) is 6.01 Å². The van der Waals surface area contributed by atoms with Gasteiger partial charge >= 0.3 is 5.97 Å². The van der Waals surface area contributed by atoms with Crippen LogP contribution in [-0.2, 0) is 0 Å². The Hall–Kier alpha value is -1.17. The maximum atomic E-state index is 10.6. The van der Waals surface area contributed by atoms with Crippen molar-refractivity contribution < 1.29 is 14.3 Å². The predicted molar refractivity (Wildman–Crippen MR) is 66.6 cm³/mol. The van der Waals surface area contributed by atoms with E-state index in [4.69, 9.17) is 9.52 Å². The van der Waals surface area contributed by atoms with Crippen LogP contribution in [0.25, 0.3) is 0 Å². The second kappa shape index (κ2) is 5.44.